The fraction of sp³-hybridized carbons (Fsp3) is 0.409. The summed E-state index contributed by atoms with van der Waals surface area (Å²) in [5.74, 6) is -0.258. The maximum atomic E-state index is 13.5. The molecule has 1 aliphatic carbocycles. The normalized spacial score (nSPS) is 25.3. The van der Waals surface area contributed by atoms with Crippen LogP contribution in [-0.2, 0) is 6.42 Å². The van der Waals surface area contributed by atoms with Gasteiger partial charge in [0.05, 0.1) is 6.04 Å². The summed E-state index contributed by atoms with van der Waals surface area (Å²) in [5, 5.41) is 6.72. The molecule has 0 aromatic heterocycles. The zero-order valence-corrected chi connectivity index (χ0v) is 15.2. The van der Waals surface area contributed by atoms with Crippen LogP contribution in [0.25, 0.3) is 0 Å². The molecule has 2 N–H and O–H groups in total. The molecule has 0 unspecified atom stereocenters. The number of carbonyl (C=O) groups excluding carboxylic acids is 1. The van der Waals surface area contributed by atoms with Crippen molar-refractivity contribution in [3.63, 3.8) is 0 Å². The van der Waals surface area contributed by atoms with Crippen LogP contribution in [0.4, 0.5) is 9.18 Å². The van der Waals surface area contributed by atoms with Crippen LogP contribution in [0.15, 0.2) is 48.5 Å². The number of nitrogens with one attached hydrogen (secondary N) is 2. The predicted octanol–water partition coefficient (Wildman–Crippen LogP) is 3.23. The van der Waals surface area contributed by atoms with Gasteiger partial charge in [-0.15, -0.1) is 0 Å². The molecule has 0 bridgehead atoms. The topological polar surface area (TPSA) is 44.4 Å². The van der Waals surface area contributed by atoms with Crippen molar-refractivity contribution in [2.45, 2.75) is 31.3 Å². The molecule has 2 amide bonds. The number of benzene rings is 2. The van der Waals surface area contributed by atoms with Gasteiger partial charge in [0.2, 0.25) is 0 Å². The molecule has 1 saturated heterocycles. The van der Waals surface area contributed by atoms with Gasteiger partial charge >= 0.3 is 6.03 Å². The average Bonchev–Trinajstić information content (AvgIpc) is 3.37. The summed E-state index contributed by atoms with van der Waals surface area (Å²) in [5.41, 5.74) is 3.62. The molecule has 140 valence electrons. The van der Waals surface area contributed by atoms with Crippen molar-refractivity contribution >= 4 is 6.03 Å². The lowest BCUT2D eigenvalue weighted by Gasteiger charge is -2.38. The van der Waals surface area contributed by atoms with Gasteiger partial charge in [-0.1, -0.05) is 36.4 Å². The number of halogens is 1. The van der Waals surface area contributed by atoms with Gasteiger partial charge in [-0.2, -0.15) is 0 Å². The van der Waals surface area contributed by atoms with E-state index >= 15 is 0 Å². The van der Waals surface area contributed by atoms with E-state index in [1.54, 1.807) is 12.1 Å². The van der Waals surface area contributed by atoms with Crippen molar-refractivity contribution in [2.75, 3.05) is 19.6 Å². The molecule has 2 atom stereocenters. The number of fused-ring (bicyclic) bond motifs is 1. The minimum absolute atomic E-state index is 0.0150. The van der Waals surface area contributed by atoms with Crippen LogP contribution in [0.3, 0.4) is 0 Å². The van der Waals surface area contributed by atoms with Gasteiger partial charge in [-0.3, -0.25) is 0 Å². The molecule has 0 radical (unpaired) electrons. The van der Waals surface area contributed by atoms with Crippen molar-refractivity contribution in [1.29, 1.82) is 0 Å². The van der Waals surface area contributed by atoms with E-state index in [1.165, 1.54) is 30.5 Å². The Hall–Kier alpha value is -2.40. The highest BCUT2D eigenvalue weighted by atomic mass is 19.1. The maximum Gasteiger partial charge on any atom is 0.318 e. The number of carbonyl (C=O) groups is 1. The Bertz CT molecular complexity index is 862. The number of urea groups is 1. The molecular formula is C22H24FN3O. The smallest absolute Gasteiger partial charge is 0.318 e. The highest BCUT2D eigenvalue weighted by Crippen LogP contribution is 2.50. The summed E-state index contributed by atoms with van der Waals surface area (Å²) in [6, 6.07) is 14.8. The predicted molar refractivity (Wildman–Crippen MR) is 102 cm³/mol. The fourth-order valence-electron chi connectivity index (χ4n) is 4.72. The van der Waals surface area contributed by atoms with Gasteiger partial charge < -0.3 is 15.5 Å². The average molecular weight is 365 g/mol. The Kier molecular flexibility index (Phi) is 3.93. The molecular weight excluding hydrogens is 341 g/mol. The van der Waals surface area contributed by atoms with Crippen molar-refractivity contribution in [1.82, 2.24) is 15.5 Å². The third kappa shape index (κ3) is 2.90. The molecule has 5 rings (SSSR count). The summed E-state index contributed by atoms with van der Waals surface area (Å²) in [6.07, 6.45) is 3.22. The zero-order chi connectivity index (χ0) is 18.4. The number of amides is 2. The first-order valence-electron chi connectivity index (χ1n) is 9.77. The van der Waals surface area contributed by atoms with E-state index in [2.05, 4.69) is 22.8 Å². The second-order valence-corrected chi connectivity index (χ2v) is 8.09. The summed E-state index contributed by atoms with van der Waals surface area (Å²) >= 11 is 0. The van der Waals surface area contributed by atoms with Gasteiger partial charge in [-0.25, -0.2) is 9.18 Å². The molecule has 27 heavy (non-hydrogen) atoms. The monoisotopic (exact) mass is 365 g/mol. The van der Waals surface area contributed by atoms with E-state index < -0.39 is 0 Å². The molecule has 1 spiro atoms. The molecule has 1 saturated carbocycles. The molecule has 2 aliphatic heterocycles. The first-order valence-corrected chi connectivity index (χ1v) is 9.77. The summed E-state index contributed by atoms with van der Waals surface area (Å²) in [7, 11) is 0. The molecule has 3 aliphatic rings. The van der Waals surface area contributed by atoms with E-state index in [4.69, 9.17) is 0 Å². The number of rotatable bonds is 2. The van der Waals surface area contributed by atoms with Crippen LogP contribution in [0.2, 0.25) is 0 Å². The standard InChI is InChI=1S/C22H24FN3O/c23-17-7-5-16(6-8-17)20-18-4-2-1-3-15(18)9-12-26(20)21(27)25-19-13-24-14-22(19)10-11-22/h1-8,19-20,24H,9-14H2,(H,25,27)/t19-,20-/m0/s1. The Labute approximate surface area is 158 Å². The number of hydrogen-bond acceptors (Lipinski definition) is 2. The lowest BCUT2D eigenvalue weighted by Crippen LogP contribution is -2.51. The number of hydrogen-bond donors (Lipinski definition) is 2. The van der Waals surface area contributed by atoms with Crippen molar-refractivity contribution in [3.8, 4) is 0 Å². The molecule has 2 aromatic carbocycles. The molecule has 2 fully saturated rings. The Morgan fingerprint density at radius 3 is 2.70 bits per heavy atom. The van der Waals surface area contributed by atoms with Gasteiger partial charge in [0.25, 0.3) is 0 Å². The minimum atomic E-state index is -0.258. The molecule has 2 heterocycles. The number of nitrogens with zero attached hydrogens (tertiary/aromatic N) is 1. The van der Waals surface area contributed by atoms with E-state index in [1.807, 2.05) is 17.0 Å². The van der Waals surface area contributed by atoms with Crippen molar-refractivity contribution in [3.05, 3.63) is 71.0 Å². The van der Waals surface area contributed by atoms with Crippen LogP contribution in [0.5, 0.6) is 0 Å². The van der Waals surface area contributed by atoms with Crippen LogP contribution >= 0.6 is 0 Å². The van der Waals surface area contributed by atoms with Crippen LogP contribution in [0.1, 0.15) is 35.6 Å². The first-order chi connectivity index (χ1) is 13.2. The van der Waals surface area contributed by atoms with Gasteiger partial charge in [0.1, 0.15) is 5.82 Å². The zero-order valence-electron chi connectivity index (χ0n) is 15.2. The highest BCUT2D eigenvalue weighted by Gasteiger charge is 2.53. The second kappa shape index (κ2) is 6.34. The van der Waals surface area contributed by atoms with Gasteiger partial charge in [0, 0.05) is 31.1 Å². The SMILES string of the molecule is O=C(N[C@H]1CNCC12CC2)N1CCc2ccccc2[C@@H]1c1ccc(F)cc1. The molecule has 2 aromatic rings. The van der Waals surface area contributed by atoms with Gasteiger partial charge in [0.15, 0.2) is 0 Å². The van der Waals surface area contributed by atoms with Crippen LogP contribution < -0.4 is 10.6 Å². The Morgan fingerprint density at radius 1 is 1.15 bits per heavy atom. The Balaban J connectivity index is 1.46. The maximum absolute atomic E-state index is 13.5. The third-order valence-corrected chi connectivity index (χ3v) is 6.48. The Morgan fingerprint density at radius 2 is 1.93 bits per heavy atom. The lowest BCUT2D eigenvalue weighted by molar-refractivity contribution is 0.173. The molecule has 4 nitrogen and oxygen atoms in total. The highest BCUT2D eigenvalue weighted by molar-refractivity contribution is 5.76. The van der Waals surface area contributed by atoms with E-state index in [0.29, 0.717) is 6.54 Å². The fourth-order valence-corrected chi connectivity index (χ4v) is 4.72. The van der Waals surface area contributed by atoms with Gasteiger partial charge in [-0.05, 0) is 48.1 Å². The third-order valence-electron chi connectivity index (χ3n) is 6.48. The quantitative estimate of drug-likeness (QED) is 0.858. The lowest BCUT2D eigenvalue weighted by atomic mass is 9.88. The summed E-state index contributed by atoms with van der Waals surface area (Å²) in [4.78, 5) is 15.2. The van der Waals surface area contributed by atoms with Crippen LogP contribution in [-0.4, -0.2) is 36.6 Å². The largest absolute Gasteiger partial charge is 0.333 e. The molecule has 5 heteroatoms. The van der Waals surface area contributed by atoms with Crippen LogP contribution in [0, 0.1) is 11.2 Å². The van der Waals surface area contributed by atoms with E-state index in [0.717, 1.165) is 30.6 Å². The van der Waals surface area contributed by atoms with Crippen molar-refractivity contribution < 1.29 is 9.18 Å². The van der Waals surface area contributed by atoms with E-state index in [9.17, 15) is 9.18 Å². The minimum Gasteiger partial charge on any atom is -0.333 e. The summed E-state index contributed by atoms with van der Waals surface area (Å²) in [6.45, 7) is 2.51. The second-order valence-electron chi connectivity index (χ2n) is 8.09. The van der Waals surface area contributed by atoms with E-state index in [-0.39, 0.29) is 29.3 Å². The first kappa shape index (κ1) is 16.8. The summed E-state index contributed by atoms with van der Waals surface area (Å²) < 4.78 is 13.5. The van der Waals surface area contributed by atoms with Crippen molar-refractivity contribution in [2.24, 2.45) is 5.41 Å².